The van der Waals surface area contributed by atoms with E-state index in [1.807, 2.05) is 13.0 Å². The van der Waals surface area contributed by atoms with Gasteiger partial charge >= 0.3 is 5.97 Å². The van der Waals surface area contributed by atoms with E-state index in [0.717, 1.165) is 31.4 Å². The van der Waals surface area contributed by atoms with E-state index in [9.17, 15) is 9.18 Å². The summed E-state index contributed by atoms with van der Waals surface area (Å²) in [5.74, 6) is 5.21. The Morgan fingerprint density at radius 2 is 2.21 bits per heavy atom. The molecular weight excluding hydrogens is 247 g/mol. The van der Waals surface area contributed by atoms with Gasteiger partial charge in [0.2, 0.25) is 0 Å². The molecule has 1 fully saturated rings. The molecule has 1 aromatic carbocycles. The van der Waals surface area contributed by atoms with E-state index in [1.54, 1.807) is 11.1 Å². The highest BCUT2D eigenvalue weighted by atomic mass is 19.1. The fourth-order valence-corrected chi connectivity index (χ4v) is 1.95. The zero-order chi connectivity index (χ0) is 14.3. The number of rotatable bonds is 1. The summed E-state index contributed by atoms with van der Waals surface area (Å²) in [6.45, 7) is 2.66. The molecule has 2 rings (SSSR count). The fourth-order valence-electron chi connectivity index (χ4n) is 1.95. The van der Waals surface area contributed by atoms with Crippen LogP contribution in [0.3, 0.4) is 0 Å². The number of piperidine rings is 1. The van der Waals surface area contributed by atoms with E-state index in [-0.39, 0.29) is 17.8 Å². The number of carbonyl (C=O) groups is 1. The second-order valence-electron chi connectivity index (χ2n) is 4.57. The van der Waals surface area contributed by atoms with E-state index < -0.39 is 0 Å². The lowest BCUT2D eigenvalue weighted by atomic mass is 10.0. The van der Waals surface area contributed by atoms with Crippen LogP contribution in [0, 0.1) is 12.7 Å². The number of hydrazine groups is 1. The predicted molar refractivity (Wildman–Crippen MR) is 71.7 cm³/mol. The molecule has 1 aliphatic heterocycles. The van der Waals surface area contributed by atoms with E-state index in [4.69, 9.17) is 5.84 Å². The summed E-state index contributed by atoms with van der Waals surface area (Å²) in [4.78, 5) is 11.0. The summed E-state index contributed by atoms with van der Waals surface area (Å²) in [6.07, 6.45) is 2.96. The van der Waals surface area contributed by atoms with Gasteiger partial charge in [0.05, 0.1) is 7.11 Å². The van der Waals surface area contributed by atoms with E-state index in [2.05, 4.69) is 4.74 Å². The lowest BCUT2D eigenvalue weighted by molar-refractivity contribution is -0.148. The molecule has 1 heterocycles. The third kappa shape index (κ3) is 5.36. The van der Waals surface area contributed by atoms with Gasteiger partial charge in [0.25, 0.3) is 0 Å². The molecule has 0 saturated carbocycles. The smallest absolute Gasteiger partial charge is 0.324 e. The van der Waals surface area contributed by atoms with Crippen LogP contribution < -0.4 is 5.84 Å². The largest absolute Gasteiger partial charge is 0.468 e. The van der Waals surface area contributed by atoms with Crippen molar-refractivity contribution in [1.29, 1.82) is 0 Å². The quantitative estimate of drug-likeness (QED) is 0.625. The first-order valence-electron chi connectivity index (χ1n) is 6.36. The van der Waals surface area contributed by atoms with Gasteiger partial charge in [-0.2, -0.15) is 0 Å². The molecule has 1 atom stereocenters. The van der Waals surface area contributed by atoms with Crippen molar-refractivity contribution in [2.24, 2.45) is 5.84 Å². The molecule has 1 saturated heterocycles. The maximum absolute atomic E-state index is 12.2. The minimum atomic E-state index is -0.216. The van der Waals surface area contributed by atoms with Gasteiger partial charge in [-0.25, -0.2) is 9.40 Å². The first-order chi connectivity index (χ1) is 9.04. The number of halogens is 1. The number of ether oxygens (including phenoxy) is 1. The van der Waals surface area contributed by atoms with Crippen molar-refractivity contribution in [3.05, 3.63) is 35.6 Å². The molecule has 0 radical (unpaired) electrons. The topological polar surface area (TPSA) is 55.6 Å². The lowest BCUT2D eigenvalue weighted by Gasteiger charge is -2.29. The average molecular weight is 268 g/mol. The number of hydrogen-bond acceptors (Lipinski definition) is 4. The van der Waals surface area contributed by atoms with Crippen LogP contribution >= 0.6 is 0 Å². The molecule has 0 aliphatic carbocycles. The first kappa shape index (κ1) is 15.6. The third-order valence-corrected chi connectivity index (χ3v) is 3.00. The molecule has 106 valence electrons. The van der Waals surface area contributed by atoms with Gasteiger partial charge in [-0.1, -0.05) is 12.1 Å². The molecule has 4 nitrogen and oxygen atoms in total. The van der Waals surface area contributed by atoms with Crippen molar-refractivity contribution in [2.75, 3.05) is 13.7 Å². The number of hydrogen-bond donors (Lipinski definition) is 1. The Labute approximate surface area is 113 Å². The van der Waals surface area contributed by atoms with Crippen LogP contribution in [0.25, 0.3) is 0 Å². The van der Waals surface area contributed by atoms with Gasteiger partial charge in [0.1, 0.15) is 11.9 Å². The summed E-state index contributed by atoms with van der Waals surface area (Å²) in [5, 5.41) is 1.56. The highest BCUT2D eigenvalue weighted by Crippen LogP contribution is 2.13. The Morgan fingerprint density at radius 3 is 2.68 bits per heavy atom. The molecule has 0 bridgehead atoms. The van der Waals surface area contributed by atoms with Crippen LogP contribution in [-0.4, -0.2) is 30.7 Å². The molecule has 0 unspecified atom stereocenters. The van der Waals surface area contributed by atoms with Gasteiger partial charge in [0.15, 0.2) is 0 Å². The van der Waals surface area contributed by atoms with E-state index in [0.29, 0.717) is 0 Å². The second kappa shape index (κ2) is 7.86. The second-order valence-corrected chi connectivity index (χ2v) is 4.57. The number of nitrogens with zero attached hydrogens (tertiary/aromatic N) is 1. The van der Waals surface area contributed by atoms with E-state index >= 15 is 0 Å². The monoisotopic (exact) mass is 268 g/mol. The molecule has 2 N–H and O–H groups in total. The van der Waals surface area contributed by atoms with Crippen LogP contribution in [0.15, 0.2) is 24.3 Å². The molecule has 0 spiro atoms. The van der Waals surface area contributed by atoms with Crippen molar-refractivity contribution < 1.29 is 13.9 Å². The summed E-state index contributed by atoms with van der Waals surface area (Å²) in [5.41, 5.74) is 0.963. The number of carbonyl (C=O) groups excluding carboxylic acids is 1. The Morgan fingerprint density at radius 1 is 1.47 bits per heavy atom. The maximum atomic E-state index is 12.2. The average Bonchev–Trinajstić information content (AvgIpc) is 2.39. The predicted octanol–water partition coefficient (Wildman–Crippen LogP) is 2.02. The molecule has 1 aromatic rings. The maximum Gasteiger partial charge on any atom is 0.324 e. The van der Waals surface area contributed by atoms with Gasteiger partial charge in [-0.15, -0.1) is 0 Å². The highest BCUT2D eigenvalue weighted by Gasteiger charge is 2.26. The SMILES string of the molecule is COC(=O)[C@H]1CCCCN1N.Cc1cccc(F)c1. The van der Waals surface area contributed by atoms with Crippen LogP contribution in [-0.2, 0) is 9.53 Å². The van der Waals surface area contributed by atoms with Crippen LogP contribution in [0.2, 0.25) is 0 Å². The number of aryl methyl sites for hydroxylation is 1. The van der Waals surface area contributed by atoms with Gasteiger partial charge < -0.3 is 4.74 Å². The fraction of sp³-hybridized carbons (Fsp3) is 0.500. The third-order valence-electron chi connectivity index (χ3n) is 3.00. The van der Waals surface area contributed by atoms with Crippen molar-refractivity contribution in [3.63, 3.8) is 0 Å². The lowest BCUT2D eigenvalue weighted by Crippen LogP contribution is -2.49. The van der Waals surface area contributed by atoms with Crippen LogP contribution in [0.1, 0.15) is 24.8 Å². The highest BCUT2D eigenvalue weighted by molar-refractivity contribution is 5.75. The Balaban J connectivity index is 0.000000200. The van der Waals surface area contributed by atoms with Crippen molar-refractivity contribution >= 4 is 5.97 Å². The molecule has 19 heavy (non-hydrogen) atoms. The molecule has 5 heteroatoms. The van der Waals surface area contributed by atoms with Crippen LogP contribution in [0.4, 0.5) is 4.39 Å². The molecule has 1 aliphatic rings. The summed E-state index contributed by atoms with van der Waals surface area (Å²) in [7, 11) is 1.39. The molecular formula is C14H21FN2O2. The van der Waals surface area contributed by atoms with Gasteiger partial charge in [0, 0.05) is 6.54 Å². The van der Waals surface area contributed by atoms with E-state index in [1.165, 1.54) is 19.2 Å². The number of methoxy groups -OCH3 is 1. The van der Waals surface area contributed by atoms with Crippen molar-refractivity contribution in [3.8, 4) is 0 Å². The summed E-state index contributed by atoms with van der Waals surface area (Å²) >= 11 is 0. The normalized spacial score (nSPS) is 19.3. The number of nitrogens with two attached hydrogens (primary N) is 1. The van der Waals surface area contributed by atoms with Gasteiger partial charge in [-0.3, -0.25) is 10.6 Å². The summed E-state index contributed by atoms with van der Waals surface area (Å²) in [6, 6.07) is 6.29. The van der Waals surface area contributed by atoms with Gasteiger partial charge in [-0.05, 0) is 43.9 Å². The Kier molecular flexibility index (Phi) is 6.45. The zero-order valence-electron chi connectivity index (χ0n) is 11.4. The van der Waals surface area contributed by atoms with Crippen molar-refractivity contribution in [2.45, 2.75) is 32.2 Å². The zero-order valence-corrected chi connectivity index (χ0v) is 11.4. The first-order valence-corrected chi connectivity index (χ1v) is 6.36. The Bertz CT molecular complexity index is 395. The molecule has 0 amide bonds. The van der Waals surface area contributed by atoms with Crippen LogP contribution in [0.5, 0.6) is 0 Å². The summed E-state index contributed by atoms with van der Waals surface area (Å²) < 4.78 is 16.8. The standard InChI is InChI=1S/C7H7F.C7H14N2O2/c1-6-3-2-4-7(8)5-6;1-11-7(10)6-4-2-3-5-9(6)8/h2-5H,1H3;6H,2-5,8H2,1H3/t;6-/m.1/s1. The number of esters is 1. The minimum Gasteiger partial charge on any atom is -0.468 e. The Hall–Kier alpha value is -1.46. The number of benzene rings is 1. The van der Waals surface area contributed by atoms with Crippen molar-refractivity contribution in [1.82, 2.24) is 5.01 Å². The minimum absolute atomic E-state index is 0.162. The molecule has 0 aromatic heterocycles.